The molecule has 1 aromatic carbocycles. The lowest BCUT2D eigenvalue weighted by molar-refractivity contribution is -0.297. The molecule has 1 amide bonds. The molecule has 13 atom stereocenters. The number of aliphatic hydroxyl groups excluding tert-OH is 1. The van der Waals surface area contributed by atoms with Crippen molar-refractivity contribution in [3.8, 4) is 0 Å². The SMILES string of the molecule is CC[C@H]1OC(=O)[C@H](C)C(=O)[C@H](C)[C@@H](O[C@@H]2O[C@H](C)C[C@H](N(C)C)[C@H]2O)[C@](C)(OCCCc2cnc3ccccc3c2)C[C@@H](C)C(=O)[C@H](C)[C@H]2NC(=O)O[C@@]21C. The van der Waals surface area contributed by atoms with Crippen LogP contribution in [-0.4, -0.2) is 113 Å². The van der Waals surface area contributed by atoms with Crippen molar-refractivity contribution < 1.29 is 48.0 Å². The molecule has 5 rings (SSSR count). The van der Waals surface area contributed by atoms with Crippen molar-refractivity contribution in [2.45, 2.75) is 141 Å². The summed E-state index contributed by atoms with van der Waals surface area (Å²) >= 11 is 0. The number of carbonyl (C=O) groups is 4. The Bertz CT molecular complexity index is 1700. The lowest BCUT2D eigenvalue weighted by Crippen LogP contribution is -2.60. The number of nitrogens with zero attached hydrogens (tertiary/aromatic N) is 2. The van der Waals surface area contributed by atoms with E-state index in [1.807, 2.05) is 70.2 Å². The Balaban J connectivity index is 1.52. The van der Waals surface area contributed by atoms with Crippen molar-refractivity contribution in [2.75, 3.05) is 20.7 Å². The van der Waals surface area contributed by atoms with E-state index in [1.54, 1.807) is 27.7 Å². The molecule has 0 bridgehead atoms. The standard InChI is InChI=1S/C42H61N3O10/c1-11-32-42(8)36(44-40(50)55-42)25(4)33(46)23(2)21-41(7,51-18-14-15-28-20-29-16-12-13-17-30(29)43-22-28)37(26(5)34(47)27(6)38(49)53-32)54-39-35(48)31(45(9)10)19-24(3)52-39/h12-13,16-17,20,22-27,31-32,35-37,39,48H,11,14-15,18-19,21H2,1-10H3,(H,44,50)/t23-,24-,25+,26+,27-,31+,32-,35-,36-,37-,39+,41-,42-/m1/s1. The number of Topliss-reactive ketones (excluding diaryl/α,β-unsaturated/α-hetero) is 2. The Kier molecular flexibility index (Phi) is 13.4. The molecule has 3 saturated heterocycles. The summed E-state index contributed by atoms with van der Waals surface area (Å²) in [4.78, 5) is 61.9. The van der Waals surface area contributed by atoms with Gasteiger partial charge < -0.3 is 39.0 Å². The smallest absolute Gasteiger partial charge is 0.408 e. The summed E-state index contributed by atoms with van der Waals surface area (Å²) in [7, 11) is 3.76. The number of ketones is 2. The molecule has 0 aliphatic carbocycles. The highest BCUT2D eigenvalue weighted by molar-refractivity contribution is 6.00. The highest BCUT2D eigenvalue weighted by Crippen LogP contribution is 2.40. The van der Waals surface area contributed by atoms with Crippen LogP contribution in [0.25, 0.3) is 10.9 Å². The number of carbonyl (C=O) groups excluding carboxylic acids is 4. The molecular formula is C42H61N3O10. The van der Waals surface area contributed by atoms with E-state index in [2.05, 4.69) is 16.4 Å². The third kappa shape index (κ3) is 9.06. The second-order valence-corrected chi connectivity index (χ2v) is 16.7. The van der Waals surface area contributed by atoms with Gasteiger partial charge in [0.1, 0.15) is 23.9 Å². The van der Waals surface area contributed by atoms with Crippen LogP contribution in [0.2, 0.25) is 0 Å². The number of rotatable bonds is 9. The van der Waals surface area contributed by atoms with Crippen LogP contribution < -0.4 is 5.32 Å². The van der Waals surface area contributed by atoms with Crippen molar-refractivity contribution in [1.29, 1.82) is 0 Å². The van der Waals surface area contributed by atoms with Crippen LogP contribution in [0.1, 0.15) is 86.6 Å². The largest absolute Gasteiger partial charge is 0.458 e. The number of aliphatic hydroxyl groups is 1. The number of amides is 1. The van der Waals surface area contributed by atoms with Gasteiger partial charge in [0.2, 0.25) is 0 Å². The number of aromatic nitrogens is 1. The van der Waals surface area contributed by atoms with Crippen LogP contribution in [-0.2, 0) is 44.5 Å². The fourth-order valence-electron chi connectivity index (χ4n) is 8.96. The quantitative estimate of drug-likeness (QED) is 0.199. The molecule has 0 spiro atoms. The van der Waals surface area contributed by atoms with E-state index in [9.17, 15) is 24.3 Å². The number of ether oxygens (including phenoxy) is 5. The van der Waals surface area contributed by atoms with Crippen LogP contribution in [0, 0.1) is 23.7 Å². The highest BCUT2D eigenvalue weighted by atomic mass is 16.7. The highest BCUT2D eigenvalue weighted by Gasteiger charge is 2.57. The second-order valence-electron chi connectivity index (χ2n) is 16.7. The number of aryl methyl sites for hydroxylation is 1. The van der Waals surface area contributed by atoms with Crippen LogP contribution in [0.4, 0.5) is 4.79 Å². The summed E-state index contributed by atoms with van der Waals surface area (Å²) in [6, 6.07) is 8.91. The molecular weight excluding hydrogens is 706 g/mol. The fraction of sp³-hybridized carbons (Fsp3) is 0.690. The van der Waals surface area contributed by atoms with Gasteiger partial charge in [0.15, 0.2) is 17.7 Å². The van der Waals surface area contributed by atoms with Crippen LogP contribution in [0.15, 0.2) is 36.5 Å². The van der Waals surface area contributed by atoms with Gasteiger partial charge in [0, 0.05) is 42.0 Å². The van der Waals surface area contributed by atoms with E-state index in [1.165, 1.54) is 6.92 Å². The number of alkyl carbamates (subject to hydrolysis) is 1. The van der Waals surface area contributed by atoms with Crippen molar-refractivity contribution in [2.24, 2.45) is 23.7 Å². The van der Waals surface area contributed by atoms with E-state index >= 15 is 0 Å². The van der Waals surface area contributed by atoms with Gasteiger partial charge in [-0.2, -0.15) is 0 Å². The molecule has 4 heterocycles. The number of likely N-dealkylation sites (N-methyl/N-ethyl adjacent to an activating group) is 1. The second kappa shape index (κ2) is 17.3. The number of fused-ring (bicyclic) bond motifs is 2. The van der Waals surface area contributed by atoms with E-state index in [-0.39, 0.29) is 37.4 Å². The molecule has 2 aromatic rings. The van der Waals surface area contributed by atoms with E-state index < -0.39 is 83.4 Å². The average Bonchev–Trinajstić information content (AvgIpc) is 3.47. The minimum atomic E-state index is -1.37. The van der Waals surface area contributed by atoms with Gasteiger partial charge in [-0.1, -0.05) is 45.9 Å². The maximum atomic E-state index is 14.4. The van der Waals surface area contributed by atoms with Crippen LogP contribution in [0.5, 0.6) is 0 Å². The molecule has 0 unspecified atom stereocenters. The summed E-state index contributed by atoms with van der Waals surface area (Å²) in [5, 5.41) is 15.4. The van der Waals surface area contributed by atoms with Crippen LogP contribution in [0.3, 0.4) is 0 Å². The molecule has 55 heavy (non-hydrogen) atoms. The first-order chi connectivity index (χ1) is 25.9. The lowest BCUT2D eigenvalue weighted by Gasteiger charge is -2.47. The Morgan fingerprint density at radius 3 is 2.42 bits per heavy atom. The minimum absolute atomic E-state index is 0.125. The van der Waals surface area contributed by atoms with Gasteiger partial charge in [0.25, 0.3) is 0 Å². The zero-order valence-corrected chi connectivity index (χ0v) is 34.1. The zero-order valence-electron chi connectivity index (χ0n) is 34.1. The summed E-state index contributed by atoms with van der Waals surface area (Å²) in [6.45, 7) is 14.1. The fourth-order valence-corrected chi connectivity index (χ4v) is 8.96. The maximum absolute atomic E-state index is 14.4. The normalized spacial score (nSPS) is 37.9. The molecule has 304 valence electrons. The van der Waals surface area contributed by atoms with Gasteiger partial charge in [-0.3, -0.25) is 19.4 Å². The molecule has 3 aliphatic rings. The summed E-state index contributed by atoms with van der Waals surface area (Å²) in [5.41, 5.74) is -0.726. The monoisotopic (exact) mass is 767 g/mol. The van der Waals surface area contributed by atoms with Gasteiger partial charge in [0.05, 0.1) is 29.4 Å². The Labute approximate surface area is 325 Å². The van der Waals surface area contributed by atoms with E-state index in [0.717, 1.165) is 16.5 Å². The minimum Gasteiger partial charge on any atom is -0.458 e. The van der Waals surface area contributed by atoms with Crippen LogP contribution >= 0.6 is 0 Å². The Hall–Kier alpha value is -3.49. The number of para-hydroxylation sites is 1. The van der Waals surface area contributed by atoms with Crippen molar-refractivity contribution >= 4 is 34.5 Å². The third-order valence-electron chi connectivity index (χ3n) is 12.1. The first kappa shape index (κ1) is 42.6. The van der Waals surface area contributed by atoms with Gasteiger partial charge >= 0.3 is 12.1 Å². The van der Waals surface area contributed by atoms with Crippen molar-refractivity contribution in [3.05, 3.63) is 42.1 Å². The average molecular weight is 768 g/mol. The number of hydrogen-bond donors (Lipinski definition) is 2. The number of benzene rings is 1. The summed E-state index contributed by atoms with van der Waals surface area (Å²) in [6.07, 6.45) is -1.12. The number of nitrogens with one attached hydrogen (secondary N) is 1. The lowest BCUT2D eigenvalue weighted by atomic mass is 9.73. The number of hydrogen-bond acceptors (Lipinski definition) is 12. The third-order valence-corrected chi connectivity index (χ3v) is 12.1. The zero-order chi connectivity index (χ0) is 40.4. The molecule has 0 saturated carbocycles. The number of cyclic esters (lactones) is 1. The first-order valence-corrected chi connectivity index (χ1v) is 19.8. The number of esters is 1. The predicted octanol–water partition coefficient (Wildman–Crippen LogP) is 5.03. The Morgan fingerprint density at radius 1 is 1.02 bits per heavy atom. The molecule has 13 nitrogen and oxygen atoms in total. The van der Waals surface area contributed by atoms with Gasteiger partial charge in [-0.05, 0) is 91.6 Å². The topological polar surface area (TPSA) is 163 Å². The molecule has 1 aromatic heterocycles. The van der Waals surface area contributed by atoms with E-state index in [4.69, 9.17) is 23.7 Å². The Morgan fingerprint density at radius 2 is 1.73 bits per heavy atom. The molecule has 3 aliphatic heterocycles. The summed E-state index contributed by atoms with van der Waals surface area (Å²) < 4.78 is 31.5. The molecule has 2 N–H and O–H groups in total. The summed E-state index contributed by atoms with van der Waals surface area (Å²) in [5.74, 6) is -4.99. The van der Waals surface area contributed by atoms with Gasteiger partial charge in [-0.15, -0.1) is 0 Å². The maximum Gasteiger partial charge on any atom is 0.408 e. The molecule has 13 heteroatoms. The van der Waals surface area contributed by atoms with Gasteiger partial charge in [-0.25, -0.2) is 4.79 Å². The molecule has 0 radical (unpaired) electrons. The van der Waals surface area contributed by atoms with E-state index in [0.29, 0.717) is 19.3 Å². The van der Waals surface area contributed by atoms with Crippen molar-refractivity contribution in [1.82, 2.24) is 15.2 Å². The van der Waals surface area contributed by atoms with Crippen molar-refractivity contribution in [3.63, 3.8) is 0 Å². The number of pyridine rings is 1. The first-order valence-electron chi connectivity index (χ1n) is 19.8. The predicted molar refractivity (Wildman–Crippen MR) is 205 cm³/mol. The molecule has 3 fully saturated rings.